The van der Waals surface area contributed by atoms with Gasteiger partial charge in [0, 0.05) is 18.0 Å². The summed E-state index contributed by atoms with van der Waals surface area (Å²) < 4.78 is 6.06. The van der Waals surface area contributed by atoms with Crippen LogP contribution in [-0.4, -0.2) is 27.0 Å². The molecular weight excluding hydrogens is 388 g/mol. The molecule has 148 valence electrons. The van der Waals surface area contributed by atoms with E-state index in [0.717, 1.165) is 29.7 Å². The van der Waals surface area contributed by atoms with E-state index in [1.807, 2.05) is 25.1 Å². The summed E-state index contributed by atoms with van der Waals surface area (Å²) in [6.45, 7) is 1.86. The molecule has 1 aliphatic rings. The van der Waals surface area contributed by atoms with Gasteiger partial charge in [0.25, 0.3) is 5.91 Å². The lowest BCUT2D eigenvalue weighted by Crippen LogP contribution is -2.14. The number of ether oxygens (including phenoxy) is 1. The Hall–Kier alpha value is -2.99. The van der Waals surface area contributed by atoms with Gasteiger partial charge in [0.1, 0.15) is 5.75 Å². The molecule has 0 aliphatic heterocycles. The highest BCUT2D eigenvalue weighted by Gasteiger charge is 2.17. The first kappa shape index (κ1) is 19.3. The van der Waals surface area contributed by atoms with Crippen LogP contribution in [0.25, 0.3) is 11.3 Å². The van der Waals surface area contributed by atoms with Gasteiger partial charge in [-0.1, -0.05) is 11.6 Å². The molecule has 0 unspecified atom stereocenters. The molecule has 1 amide bonds. The van der Waals surface area contributed by atoms with Crippen molar-refractivity contribution in [1.29, 1.82) is 0 Å². The van der Waals surface area contributed by atoms with Crippen molar-refractivity contribution in [2.45, 2.75) is 38.7 Å². The van der Waals surface area contributed by atoms with E-state index in [2.05, 4.69) is 20.3 Å². The summed E-state index contributed by atoms with van der Waals surface area (Å²) >= 11 is 6.37. The van der Waals surface area contributed by atoms with Gasteiger partial charge < -0.3 is 10.1 Å². The number of nitrogens with zero attached hydrogens (tertiary/aromatic N) is 3. The summed E-state index contributed by atoms with van der Waals surface area (Å²) in [5.74, 6) is 0.863. The maximum Gasteiger partial charge on any atom is 0.258 e. The summed E-state index contributed by atoms with van der Waals surface area (Å²) in [7, 11) is 0. The smallest absolute Gasteiger partial charge is 0.258 e. The molecule has 6 nitrogen and oxygen atoms in total. The number of carbonyl (C=O) groups excluding carboxylic acids is 1. The van der Waals surface area contributed by atoms with Crippen LogP contribution in [0, 0.1) is 6.92 Å². The maximum absolute atomic E-state index is 12.4. The predicted molar refractivity (Wildman–Crippen MR) is 112 cm³/mol. The summed E-state index contributed by atoms with van der Waals surface area (Å²) in [5.41, 5.74) is 2.70. The van der Waals surface area contributed by atoms with Crippen LogP contribution in [-0.2, 0) is 0 Å². The van der Waals surface area contributed by atoms with Crippen molar-refractivity contribution < 1.29 is 9.53 Å². The first-order chi connectivity index (χ1) is 14.1. The van der Waals surface area contributed by atoms with Gasteiger partial charge in [0.15, 0.2) is 5.82 Å². The predicted octanol–water partition coefficient (Wildman–Crippen LogP) is 5.07. The normalized spacial score (nSPS) is 14.0. The lowest BCUT2D eigenvalue weighted by Gasteiger charge is -2.14. The van der Waals surface area contributed by atoms with Crippen molar-refractivity contribution in [2.75, 3.05) is 5.32 Å². The molecule has 1 aromatic carbocycles. The minimum atomic E-state index is -0.275. The van der Waals surface area contributed by atoms with E-state index in [1.54, 1.807) is 18.5 Å². The van der Waals surface area contributed by atoms with Crippen LogP contribution < -0.4 is 10.1 Å². The van der Waals surface area contributed by atoms with Crippen LogP contribution in [0.15, 0.2) is 49.1 Å². The lowest BCUT2D eigenvalue weighted by molar-refractivity contribution is 0.102. The maximum atomic E-state index is 12.4. The van der Waals surface area contributed by atoms with Crippen LogP contribution in [0.3, 0.4) is 0 Å². The van der Waals surface area contributed by atoms with E-state index in [0.29, 0.717) is 22.1 Å². The number of hydrogen-bond donors (Lipinski definition) is 1. The second kappa shape index (κ2) is 8.57. The Morgan fingerprint density at radius 3 is 2.69 bits per heavy atom. The molecule has 2 aromatic heterocycles. The number of rotatable bonds is 5. The van der Waals surface area contributed by atoms with Gasteiger partial charge in [-0.05, 0) is 62.4 Å². The number of halogens is 1. The Balaban J connectivity index is 1.50. The molecule has 0 atom stereocenters. The Kier molecular flexibility index (Phi) is 5.71. The van der Waals surface area contributed by atoms with Crippen molar-refractivity contribution in [3.63, 3.8) is 0 Å². The molecule has 4 rings (SSSR count). The molecule has 0 spiro atoms. The second-order valence-electron chi connectivity index (χ2n) is 7.10. The quantitative estimate of drug-likeness (QED) is 0.637. The van der Waals surface area contributed by atoms with E-state index in [-0.39, 0.29) is 12.0 Å². The van der Waals surface area contributed by atoms with Crippen LogP contribution in [0.5, 0.6) is 5.75 Å². The zero-order chi connectivity index (χ0) is 20.2. The standard InChI is InChI=1S/C22H21ClN4O2/c1-14-8-9-24-11-18(14)22(28)27-21-13-25-20(12-26-21)17-10-16(6-7-19(17)23)29-15-4-2-3-5-15/h6-13,15H,2-5H2,1H3,(H,26,27,28). The molecule has 1 aliphatic carbocycles. The highest BCUT2D eigenvalue weighted by molar-refractivity contribution is 6.33. The Morgan fingerprint density at radius 2 is 1.97 bits per heavy atom. The summed E-state index contributed by atoms with van der Waals surface area (Å²) in [6.07, 6.45) is 11.1. The molecule has 1 saturated carbocycles. The molecular formula is C22H21ClN4O2. The van der Waals surface area contributed by atoms with Crippen LogP contribution >= 0.6 is 11.6 Å². The topological polar surface area (TPSA) is 77.0 Å². The average Bonchev–Trinajstić information content (AvgIpc) is 3.23. The van der Waals surface area contributed by atoms with E-state index < -0.39 is 0 Å². The number of nitrogens with one attached hydrogen (secondary N) is 1. The van der Waals surface area contributed by atoms with E-state index in [4.69, 9.17) is 16.3 Å². The molecule has 2 heterocycles. The number of benzene rings is 1. The monoisotopic (exact) mass is 408 g/mol. The van der Waals surface area contributed by atoms with E-state index >= 15 is 0 Å². The molecule has 1 N–H and O–H groups in total. The van der Waals surface area contributed by atoms with Gasteiger partial charge >= 0.3 is 0 Å². The lowest BCUT2D eigenvalue weighted by atomic mass is 10.1. The molecule has 0 saturated heterocycles. The molecule has 1 fully saturated rings. The third-order valence-corrected chi connectivity index (χ3v) is 5.33. The van der Waals surface area contributed by atoms with Gasteiger partial charge in [0.05, 0.1) is 34.8 Å². The molecule has 29 heavy (non-hydrogen) atoms. The fourth-order valence-electron chi connectivity index (χ4n) is 3.39. The van der Waals surface area contributed by atoms with Crippen molar-refractivity contribution >= 4 is 23.3 Å². The Labute approximate surface area is 174 Å². The number of hydrogen-bond acceptors (Lipinski definition) is 5. The fourth-order valence-corrected chi connectivity index (χ4v) is 3.60. The Morgan fingerprint density at radius 1 is 1.14 bits per heavy atom. The first-order valence-electron chi connectivity index (χ1n) is 9.61. The number of amides is 1. The molecule has 7 heteroatoms. The van der Waals surface area contributed by atoms with Crippen LogP contribution in [0.2, 0.25) is 5.02 Å². The molecule has 3 aromatic rings. The van der Waals surface area contributed by atoms with Crippen LogP contribution in [0.1, 0.15) is 41.6 Å². The van der Waals surface area contributed by atoms with Gasteiger partial charge in [-0.2, -0.15) is 0 Å². The summed E-state index contributed by atoms with van der Waals surface area (Å²) in [5, 5.41) is 3.31. The molecule has 0 radical (unpaired) electrons. The zero-order valence-electron chi connectivity index (χ0n) is 16.1. The van der Waals surface area contributed by atoms with Crippen molar-refractivity contribution in [2.24, 2.45) is 0 Å². The zero-order valence-corrected chi connectivity index (χ0v) is 16.8. The minimum absolute atomic E-state index is 0.267. The first-order valence-corrected chi connectivity index (χ1v) is 9.98. The van der Waals surface area contributed by atoms with Gasteiger partial charge in [-0.25, -0.2) is 4.98 Å². The number of anilines is 1. The van der Waals surface area contributed by atoms with Crippen LogP contribution in [0.4, 0.5) is 5.82 Å². The third kappa shape index (κ3) is 4.54. The summed E-state index contributed by atoms with van der Waals surface area (Å²) in [4.78, 5) is 25.1. The number of carbonyl (C=O) groups is 1. The van der Waals surface area contributed by atoms with Gasteiger partial charge in [0.2, 0.25) is 0 Å². The van der Waals surface area contributed by atoms with Crippen molar-refractivity contribution in [1.82, 2.24) is 15.0 Å². The highest BCUT2D eigenvalue weighted by Crippen LogP contribution is 2.32. The highest BCUT2D eigenvalue weighted by atomic mass is 35.5. The van der Waals surface area contributed by atoms with Gasteiger partial charge in [-0.15, -0.1) is 0 Å². The van der Waals surface area contributed by atoms with Gasteiger partial charge in [-0.3, -0.25) is 14.8 Å². The minimum Gasteiger partial charge on any atom is -0.490 e. The van der Waals surface area contributed by atoms with E-state index in [1.165, 1.54) is 25.2 Å². The number of pyridine rings is 1. The largest absolute Gasteiger partial charge is 0.490 e. The fraction of sp³-hybridized carbons (Fsp3) is 0.273. The average molecular weight is 409 g/mol. The second-order valence-corrected chi connectivity index (χ2v) is 7.50. The number of aryl methyl sites for hydroxylation is 1. The molecule has 0 bridgehead atoms. The third-order valence-electron chi connectivity index (χ3n) is 5.00. The summed E-state index contributed by atoms with van der Waals surface area (Å²) in [6, 6.07) is 7.36. The van der Waals surface area contributed by atoms with Crippen molar-refractivity contribution in [3.8, 4) is 17.0 Å². The van der Waals surface area contributed by atoms with E-state index in [9.17, 15) is 4.79 Å². The number of aromatic nitrogens is 3. The Bertz CT molecular complexity index is 1020. The van der Waals surface area contributed by atoms with Crippen molar-refractivity contribution in [3.05, 3.63) is 65.2 Å². The SMILES string of the molecule is Cc1ccncc1C(=O)Nc1cnc(-c2cc(OC3CCCC3)ccc2Cl)cn1.